The Bertz CT molecular complexity index is 1090. The van der Waals surface area contributed by atoms with Gasteiger partial charge >= 0.3 is 0 Å². The second-order valence-electron chi connectivity index (χ2n) is 7.44. The maximum absolute atomic E-state index is 12.9. The molecular formula is C21H25N3O2S. The molecule has 0 unspecified atom stereocenters. The number of H-pyrrole nitrogens is 1. The lowest BCUT2D eigenvalue weighted by Crippen LogP contribution is -2.16. The number of carbonyl (C=O) groups excluding carboxylic acids is 1. The Labute approximate surface area is 162 Å². The van der Waals surface area contributed by atoms with Crippen molar-refractivity contribution in [2.75, 3.05) is 0 Å². The third kappa shape index (κ3) is 3.16. The number of ketones is 1. The molecule has 0 aromatic carbocycles. The van der Waals surface area contributed by atoms with Gasteiger partial charge in [0.1, 0.15) is 10.7 Å². The van der Waals surface area contributed by atoms with E-state index in [9.17, 15) is 9.59 Å². The second kappa shape index (κ2) is 7.08. The summed E-state index contributed by atoms with van der Waals surface area (Å²) in [7, 11) is 0. The normalized spacial score (nSPS) is 13.9. The number of hydrogen-bond donors (Lipinski definition) is 1. The molecule has 0 fully saturated rings. The van der Waals surface area contributed by atoms with Gasteiger partial charge in [0, 0.05) is 28.4 Å². The average Bonchev–Trinajstić information content (AvgIpc) is 3.14. The Morgan fingerprint density at radius 1 is 1.30 bits per heavy atom. The average molecular weight is 384 g/mol. The highest BCUT2D eigenvalue weighted by atomic mass is 32.1. The van der Waals surface area contributed by atoms with Crippen LogP contribution in [0.2, 0.25) is 0 Å². The van der Waals surface area contributed by atoms with Gasteiger partial charge in [-0.2, -0.15) is 0 Å². The number of nitrogens with zero attached hydrogens (tertiary/aromatic N) is 2. The van der Waals surface area contributed by atoms with E-state index in [1.807, 2.05) is 19.9 Å². The molecule has 5 nitrogen and oxygen atoms in total. The standard InChI is InChI=1S/C21H25N3O2S/c1-4-9-24-12(2)10-15(13(24)3)16(25)11-18-22-20(26)19-14-7-5-6-8-17(14)27-21(19)23-18/h10H,4-9,11H2,1-3H3,(H,22,23,26). The molecule has 0 aliphatic heterocycles. The van der Waals surface area contributed by atoms with Crippen LogP contribution in [0.25, 0.3) is 10.2 Å². The highest BCUT2D eigenvalue weighted by molar-refractivity contribution is 7.18. The van der Waals surface area contributed by atoms with Gasteiger partial charge < -0.3 is 9.55 Å². The number of Topliss-reactive ketones (excluding diaryl/α,β-unsaturated/α-hetero) is 1. The smallest absolute Gasteiger partial charge is 0.259 e. The lowest BCUT2D eigenvalue weighted by molar-refractivity contribution is 0.0990. The summed E-state index contributed by atoms with van der Waals surface area (Å²) in [6, 6.07) is 1.95. The number of carbonyl (C=O) groups is 1. The lowest BCUT2D eigenvalue weighted by atomic mass is 9.97. The molecule has 0 bridgehead atoms. The first-order valence-corrected chi connectivity index (χ1v) is 10.5. The van der Waals surface area contributed by atoms with Gasteiger partial charge in [0.05, 0.1) is 11.8 Å². The Hall–Kier alpha value is -2.21. The van der Waals surface area contributed by atoms with E-state index in [-0.39, 0.29) is 17.8 Å². The van der Waals surface area contributed by atoms with E-state index in [1.165, 1.54) is 16.9 Å². The number of hydrogen-bond acceptors (Lipinski definition) is 4. The zero-order chi connectivity index (χ0) is 19.1. The molecule has 142 valence electrons. The van der Waals surface area contributed by atoms with Gasteiger partial charge in [0.15, 0.2) is 5.78 Å². The van der Waals surface area contributed by atoms with Gasteiger partial charge in [-0.1, -0.05) is 6.92 Å². The van der Waals surface area contributed by atoms with E-state index >= 15 is 0 Å². The number of aryl methyl sites for hydroxylation is 3. The van der Waals surface area contributed by atoms with Crippen LogP contribution >= 0.6 is 11.3 Å². The molecule has 0 atom stereocenters. The second-order valence-corrected chi connectivity index (χ2v) is 8.52. The number of thiophene rings is 1. The number of nitrogens with one attached hydrogen (secondary N) is 1. The highest BCUT2D eigenvalue weighted by Gasteiger charge is 2.21. The molecule has 3 aromatic heterocycles. The fourth-order valence-corrected chi connectivity index (χ4v) is 5.47. The molecule has 1 aliphatic carbocycles. The lowest BCUT2D eigenvalue weighted by Gasteiger charge is -2.09. The third-order valence-corrected chi connectivity index (χ3v) is 6.71. The molecule has 0 spiro atoms. The molecule has 1 N–H and O–H groups in total. The summed E-state index contributed by atoms with van der Waals surface area (Å²) in [5, 5.41) is 0.743. The van der Waals surface area contributed by atoms with E-state index < -0.39 is 0 Å². The van der Waals surface area contributed by atoms with Crippen molar-refractivity contribution in [3.63, 3.8) is 0 Å². The summed E-state index contributed by atoms with van der Waals surface area (Å²) < 4.78 is 2.18. The Kier molecular flexibility index (Phi) is 4.76. The molecule has 0 saturated heterocycles. The van der Waals surface area contributed by atoms with E-state index in [0.717, 1.165) is 59.4 Å². The van der Waals surface area contributed by atoms with E-state index in [2.05, 4.69) is 21.5 Å². The van der Waals surface area contributed by atoms with E-state index in [1.54, 1.807) is 11.3 Å². The first kappa shape index (κ1) is 18.2. The van der Waals surface area contributed by atoms with Gasteiger partial charge in [-0.25, -0.2) is 4.98 Å². The van der Waals surface area contributed by atoms with Gasteiger partial charge in [-0.05, 0) is 57.6 Å². The summed E-state index contributed by atoms with van der Waals surface area (Å²) in [5.41, 5.74) is 3.90. The van der Waals surface area contributed by atoms with Gasteiger partial charge in [-0.3, -0.25) is 9.59 Å². The van der Waals surface area contributed by atoms with Crippen LogP contribution in [-0.2, 0) is 25.8 Å². The SMILES string of the molecule is CCCn1c(C)cc(C(=O)Cc2nc3sc4c(c3c(=O)[nH]2)CCCC4)c1C. The minimum absolute atomic E-state index is 0.00859. The Morgan fingerprint density at radius 2 is 2.07 bits per heavy atom. The van der Waals surface area contributed by atoms with Crippen molar-refractivity contribution >= 4 is 27.3 Å². The van der Waals surface area contributed by atoms with Gasteiger partial charge in [-0.15, -0.1) is 11.3 Å². The van der Waals surface area contributed by atoms with E-state index in [4.69, 9.17) is 0 Å². The third-order valence-electron chi connectivity index (χ3n) is 5.52. The van der Waals surface area contributed by atoms with Crippen LogP contribution in [0, 0.1) is 13.8 Å². The van der Waals surface area contributed by atoms with Crippen molar-refractivity contribution in [1.29, 1.82) is 0 Å². The monoisotopic (exact) mass is 383 g/mol. The molecular weight excluding hydrogens is 358 g/mol. The van der Waals surface area contributed by atoms with Crippen LogP contribution in [0.15, 0.2) is 10.9 Å². The summed E-state index contributed by atoms with van der Waals surface area (Å²) in [5.74, 6) is 0.477. The van der Waals surface area contributed by atoms with Crippen molar-refractivity contribution in [3.8, 4) is 0 Å². The first-order valence-electron chi connectivity index (χ1n) is 9.73. The van der Waals surface area contributed by atoms with Crippen molar-refractivity contribution in [2.45, 2.75) is 65.8 Å². The number of fused-ring (bicyclic) bond motifs is 3. The van der Waals surface area contributed by atoms with Gasteiger partial charge in [0.2, 0.25) is 0 Å². The molecule has 0 saturated carbocycles. The fourth-order valence-electron chi connectivity index (χ4n) is 4.19. The maximum Gasteiger partial charge on any atom is 0.259 e. The van der Waals surface area contributed by atoms with Crippen LogP contribution in [0.5, 0.6) is 0 Å². The Balaban J connectivity index is 1.67. The summed E-state index contributed by atoms with van der Waals surface area (Å²) >= 11 is 1.62. The van der Waals surface area contributed by atoms with Crippen LogP contribution in [0.3, 0.4) is 0 Å². The van der Waals surface area contributed by atoms with Crippen LogP contribution in [0.1, 0.15) is 64.2 Å². The summed E-state index contributed by atoms with van der Waals surface area (Å²) in [6.07, 6.45) is 5.46. The van der Waals surface area contributed by atoms with Crippen LogP contribution < -0.4 is 5.56 Å². The predicted octanol–water partition coefficient (Wildman–Crippen LogP) is 4.12. The summed E-state index contributed by atoms with van der Waals surface area (Å²) in [4.78, 5) is 35.1. The first-order chi connectivity index (χ1) is 13.0. The maximum atomic E-state index is 12.9. The molecule has 27 heavy (non-hydrogen) atoms. The minimum atomic E-state index is -0.0985. The molecule has 1 aliphatic rings. The van der Waals surface area contributed by atoms with Crippen LogP contribution in [0.4, 0.5) is 0 Å². The van der Waals surface area contributed by atoms with Crippen molar-refractivity contribution in [1.82, 2.24) is 14.5 Å². The molecule has 0 amide bonds. The topological polar surface area (TPSA) is 67.8 Å². The van der Waals surface area contributed by atoms with E-state index in [0.29, 0.717) is 5.82 Å². The number of rotatable bonds is 5. The predicted molar refractivity (Wildman–Crippen MR) is 109 cm³/mol. The minimum Gasteiger partial charge on any atom is -0.348 e. The number of aromatic amines is 1. The fraction of sp³-hybridized carbons (Fsp3) is 0.476. The Morgan fingerprint density at radius 3 is 2.85 bits per heavy atom. The molecule has 0 radical (unpaired) electrons. The quantitative estimate of drug-likeness (QED) is 0.674. The molecule has 3 heterocycles. The largest absolute Gasteiger partial charge is 0.348 e. The molecule has 3 aromatic rings. The van der Waals surface area contributed by atoms with Crippen molar-refractivity contribution in [2.24, 2.45) is 0 Å². The van der Waals surface area contributed by atoms with Crippen molar-refractivity contribution < 1.29 is 4.79 Å². The zero-order valence-electron chi connectivity index (χ0n) is 16.1. The van der Waals surface area contributed by atoms with Crippen LogP contribution in [-0.4, -0.2) is 20.3 Å². The van der Waals surface area contributed by atoms with Crippen molar-refractivity contribution in [3.05, 3.63) is 49.6 Å². The number of aromatic nitrogens is 3. The molecule has 4 rings (SSSR count). The highest BCUT2D eigenvalue weighted by Crippen LogP contribution is 2.33. The summed E-state index contributed by atoms with van der Waals surface area (Å²) in [6.45, 7) is 7.06. The van der Waals surface area contributed by atoms with Gasteiger partial charge in [0.25, 0.3) is 5.56 Å². The molecule has 6 heteroatoms. The zero-order valence-corrected chi connectivity index (χ0v) is 17.0.